The van der Waals surface area contributed by atoms with E-state index in [2.05, 4.69) is 4.98 Å². The fraction of sp³-hybridized carbons (Fsp3) is 0.308. The van der Waals surface area contributed by atoms with E-state index in [1.165, 1.54) is 24.2 Å². The maximum atomic E-state index is 14.8. The Balaban J connectivity index is 1.67. The van der Waals surface area contributed by atoms with Crippen LogP contribution in [0.15, 0.2) is 48.4 Å². The number of benzene rings is 2. The number of nitrogens with zero attached hydrogens (tertiary/aromatic N) is 3. The van der Waals surface area contributed by atoms with Crippen LogP contribution in [0.1, 0.15) is 43.1 Å². The van der Waals surface area contributed by atoms with Gasteiger partial charge in [0.2, 0.25) is 5.91 Å². The summed E-state index contributed by atoms with van der Waals surface area (Å²) in [6.07, 6.45) is 3.98. The average molecular weight is 487 g/mol. The lowest BCUT2D eigenvalue weighted by Gasteiger charge is -2.40. The topological polar surface area (TPSA) is 58.4 Å². The molecule has 0 bridgehead atoms. The van der Waals surface area contributed by atoms with Crippen LogP contribution in [-0.2, 0) is 4.79 Å². The van der Waals surface area contributed by atoms with Gasteiger partial charge in [-0.3, -0.25) is 4.79 Å². The first-order chi connectivity index (χ1) is 16.5. The molecule has 1 aromatic heterocycles. The molecule has 3 atom stereocenters. The highest BCUT2D eigenvalue weighted by Crippen LogP contribution is 2.34. The molecule has 3 aromatic rings. The van der Waals surface area contributed by atoms with Crippen molar-refractivity contribution in [3.8, 4) is 5.69 Å². The number of aliphatic hydroxyl groups excluding tert-OH is 1. The molecule has 4 rings (SSSR count). The van der Waals surface area contributed by atoms with Crippen molar-refractivity contribution in [1.29, 1.82) is 0 Å². The van der Waals surface area contributed by atoms with Gasteiger partial charge < -0.3 is 14.6 Å². The number of likely N-dealkylation sites (tertiary alicyclic amines) is 1. The van der Waals surface area contributed by atoms with Crippen LogP contribution in [0.2, 0.25) is 0 Å². The van der Waals surface area contributed by atoms with E-state index in [1.807, 2.05) is 6.92 Å². The van der Waals surface area contributed by atoms with Crippen molar-refractivity contribution in [1.82, 2.24) is 14.5 Å². The highest BCUT2D eigenvalue weighted by Gasteiger charge is 2.36. The summed E-state index contributed by atoms with van der Waals surface area (Å²) in [6, 6.07) is 5.05. The molecule has 35 heavy (non-hydrogen) atoms. The largest absolute Gasteiger partial charge is 0.391 e. The summed E-state index contributed by atoms with van der Waals surface area (Å²) in [5.74, 6) is -5.41. The molecular weight excluding hydrogens is 462 g/mol. The van der Waals surface area contributed by atoms with Crippen molar-refractivity contribution in [2.45, 2.75) is 39.3 Å². The van der Waals surface area contributed by atoms with E-state index in [4.69, 9.17) is 0 Å². The van der Waals surface area contributed by atoms with Crippen LogP contribution in [0, 0.1) is 36.1 Å². The lowest BCUT2D eigenvalue weighted by molar-refractivity contribution is -0.135. The van der Waals surface area contributed by atoms with Crippen molar-refractivity contribution in [3.63, 3.8) is 0 Å². The van der Waals surface area contributed by atoms with Gasteiger partial charge in [-0.15, -0.1) is 0 Å². The third-order valence-electron chi connectivity index (χ3n) is 6.06. The highest BCUT2D eigenvalue weighted by atomic mass is 19.2. The predicted molar refractivity (Wildman–Crippen MR) is 122 cm³/mol. The maximum Gasteiger partial charge on any atom is 0.250 e. The van der Waals surface area contributed by atoms with Crippen molar-refractivity contribution >= 4 is 12.0 Å². The second kappa shape index (κ2) is 9.65. The zero-order valence-electron chi connectivity index (χ0n) is 19.5. The number of aromatic nitrogens is 2. The third kappa shape index (κ3) is 5.00. The second-order valence-corrected chi connectivity index (χ2v) is 9.05. The van der Waals surface area contributed by atoms with Crippen LogP contribution < -0.4 is 0 Å². The summed E-state index contributed by atoms with van der Waals surface area (Å²) in [5, 5.41) is 10.4. The molecule has 1 N–H and O–H groups in total. The lowest BCUT2D eigenvalue weighted by atomic mass is 9.89. The van der Waals surface area contributed by atoms with Crippen LogP contribution in [0.25, 0.3) is 11.8 Å². The molecule has 2 aromatic carbocycles. The van der Waals surface area contributed by atoms with Gasteiger partial charge in [-0.05, 0) is 67.7 Å². The maximum absolute atomic E-state index is 14.8. The smallest absolute Gasteiger partial charge is 0.250 e. The van der Waals surface area contributed by atoms with E-state index in [9.17, 15) is 27.5 Å². The van der Waals surface area contributed by atoms with E-state index in [-0.39, 0.29) is 18.0 Å². The first-order valence-corrected chi connectivity index (χ1v) is 11.2. The number of hydrogen-bond donors (Lipinski definition) is 1. The van der Waals surface area contributed by atoms with Gasteiger partial charge in [0.1, 0.15) is 5.82 Å². The van der Waals surface area contributed by atoms with Crippen LogP contribution in [0.5, 0.6) is 0 Å². The van der Waals surface area contributed by atoms with Crippen LogP contribution in [0.4, 0.5) is 17.6 Å². The summed E-state index contributed by atoms with van der Waals surface area (Å²) in [6.45, 7) is 5.30. The Hall–Kier alpha value is -3.46. The molecule has 1 amide bonds. The number of halogens is 4. The summed E-state index contributed by atoms with van der Waals surface area (Å²) < 4.78 is 57.7. The molecule has 1 saturated heterocycles. The van der Waals surface area contributed by atoms with E-state index in [0.717, 1.165) is 17.8 Å². The number of imidazole rings is 1. The van der Waals surface area contributed by atoms with Gasteiger partial charge >= 0.3 is 0 Å². The van der Waals surface area contributed by atoms with Crippen molar-refractivity contribution in [2.75, 3.05) is 6.54 Å². The van der Waals surface area contributed by atoms with E-state index < -0.39 is 41.3 Å². The van der Waals surface area contributed by atoms with Gasteiger partial charge in [-0.25, -0.2) is 22.5 Å². The molecule has 0 spiro atoms. The number of piperidine rings is 1. The minimum atomic E-state index is -1.62. The normalized spacial score (nSPS) is 19.3. The molecule has 9 heteroatoms. The highest BCUT2D eigenvalue weighted by molar-refractivity contribution is 5.99. The first-order valence-electron chi connectivity index (χ1n) is 11.2. The molecule has 0 radical (unpaired) electrons. The number of aryl methyl sites for hydroxylation is 1. The third-order valence-corrected chi connectivity index (χ3v) is 6.06. The Labute approximate surface area is 200 Å². The summed E-state index contributed by atoms with van der Waals surface area (Å²) >= 11 is 0. The van der Waals surface area contributed by atoms with Crippen molar-refractivity contribution < 1.29 is 27.5 Å². The lowest BCUT2D eigenvalue weighted by Crippen LogP contribution is -2.46. The molecule has 1 aliphatic rings. The van der Waals surface area contributed by atoms with Gasteiger partial charge in [-0.1, -0.05) is 13.0 Å². The number of carbonyl (C=O) groups excluding carboxylic acids is 1. The Kier molecular flexibility index (Phi) is 6.80. The van der Waals surface area contributed by atoms with Gasteiger partial charge in [0, 0.05) is 18.3 Å². The quantitative estimate of drug-likeness (QED) is 0.309. The summed E-state index contributed by atoms with van der Waals surface area (Å²) in [7, 11) is 0. The van der Waals surface area contributed by atoms with Gasteiger partial charge in [-0.2, -0.15) is 0 Å². The van der Waals surface area contributed by atoms with E-state index in [1.54, 1.807) is 35.9 Å². The number of carbonyl (C=O) groups is 1. The predicted octanol–water partition coefficient (Wildman–Crippen LogP) is 5.11. The molecule has 0 aliphatic carbocycles. The van der Waals surface area contributed by atoms with Crippen LogP contribution in [0.3, 0.4) is 0 Å². The fourth-order valence-electron chi connectivity index (χ4n) is 4.53. The molecule has 184 valence electrons. The number of hydrogen-bond acceptors (Lipinski definition) is 3. The number of aliphatic hydroxyl groups is 1. The standard InChI is InChI=1S/C26H25F4N3O2/c1-14-6-19(7-17-4-5-23(20(27)8-17)32-12-15(2)31-13-32)26(35)33(11-14)25(16(3)34)18-9-21(28)24(30)22(29)10-18/h4-5,7-10,12-14,16,25,34H,6,11H2,1-3H3/b19-7+/t14-,16+,25-/m0/s1. The number of amides is 1. The zero-order valence-corrected chi connectivity index (χ0v) is 19.5. The van der Waals surface area contributed by atoms with Crippen molar-refractivity contribution in [2.24, 2.45) is 5.92 Å². The molecule has 1 fully saturated rings. The average Bonchev–Trinajstić information content (AvgIpc) is 3.21. The van der Waals surface area contributed by atoms with Crippen molar-refractivity contribution in [3.05, 3.63) is 88.5 Å². The van der Waals surface area contributed by atoms with Gasteiger partial charge in [0.25, 0.3) is 0 Å². The fourth-order valence-corrected chi connectivity index (χ4v) is 4.53. The monoisotopic (exact) mass is 487 g/mol. The minimum Gasteiger partial charge on any atom is -0.391 e. The molecule has 5 nitrogen and oxygen atoms in total. The summed E-state index contributed by atoms with van der Waals surface area (Å²) in [4.78, 5) is 18.8. The van der Waals surface area contributed by atoms with Gasteiger partial charge in [0.05, 0.1) is 29.9 Å². The van der Waals surface area contributed by atoms with Crippen LogP contribution in [-0.4, -0.2) is 38.1 Å². The second-order valence-electron chi connectivity index (χ2n) is 9.05. The van der Waals surface area contributed by atoms with E-state index >= 15 is 0 Å². The van der Waals surface area contributed by atoms with Gasteiger partial charge in [0.15, 0.2) is 17.5 Å². The Morgan fingerprint density at radius 3 is 2.37 bits per heavy atom. The molecule has 2 heterocycles. The Morgan fingerprint density at radius 1 is 1.11 bits per heavy atom. The summed E-state index contributed by atoms with van der Waals surface area (Å²) in [5.41, 5.74) is 1.83. The molecule has 1 aliphatic heterocycles. The Bertz CT molecular complexity index is 1280. The first kappa shape index (κ1) is 24.7. The zero-order chi connectivity index (χ0) is 25.4. The Morgan fingerprint density at radius 2 is 1.80 bits per heavy atom. The molecule has 0 saturated carbocycles. The van der Waals surface area contributed by atoms with Crippen LogP contribution >= 0.6 is 0 Å². The minimum absolute atomic E-state index is 0.0478. The SMILES string of the molecule is Cc1cn(-c2ccc(/C=C3\C[C@H](C)CN([C@H](c4cc(F)c(F)c(F)c4)[C@@H](C)O)C3=O)cc2F)cn1. The van der Waals surface area contributed by atoms with E-state index in [0.29, 0.717) is 23.2 Å². The molecular formula is C26H25F4N3O2. The molecule has 0 unspecified atom stereocenters. The number of rotatable bonds is 5.